The van der Waals surface area contributed by atoms with Crippen LogP contribution in [0.4, 0.5) is 0 Å². The van der Waals surface area contributed by atoms with Crippen molar-refractivity contribution in [2.75, 3.05) is 12.3 Å². The molecule has 0 aliphatic carbocycles. The van der Waals surface area contributed by atoms with Crippen LogP contribution in [0.1, 0.15) is 37.8 Å². The maximum atomic E-state index is 6.34. The number of hydrogen-bond acceptors (Lipinski definition) is 2. The van der Waals surface area contributed by atoms with Crippen LogP contribution in [0.2, 0.25) is 10.0 Å². The van der Waals surface area contributed by atoms with Crippen molar-refractivity contribution in [3.05, 3.63) is 33.8 Å². The largest absolute Gasteiger partial charge is 0.309 e. The highest BCUT2D eigenvalue weighted by molar-refractivity contribution is 8.00. The van der Waals surface area contributed by atoms with Crippen LogP contribution in [0.15, 0.2) is 18.2 Å². The predicted molar refractivity (Wildman–Crippen MR) is 83.0 cm³/mol. The van der Waals surface area contributed by atoms with Crippen LogP contribution in [-0.4, -0.2) is 17.5 Å². The molecule has 0 radical (unpaired) electrons. The highest BCUT2D eigenvalue weighted by Crippen LogP contribution is 2.38. The lowest BCUT2D eigenvalue weighted by atomic mass is 9.99. The van der Waals surface area contributed by atoms with E-state index >= 15 is 0 Å². The number of thioether (sulfide) groups is 1. The molecule has 1 aromatic carbocycles. The number of rotatable bonds is 4. The monoisotopic (exact) mass is 303 g/mol. The predicted octanol–water partition coefficient (Wildman–Crippen LogP) is 4.93. The van der Waals surface area contributed by atoms with Gasteiger partial charge in [0.25, 0.3) is 0 Å². The minimum Gasteiger partial charge on any atom is -0.309 e. The number of hydrogen-bond donors (Lipinski definition) is 1. The van der Waals surface area contributed by atoms with E-state index in [-0.39, 0.29) is 0 Å². The lowest BCUT2D eigenvalue weighted by molar-refractivity contribution is 0.491. The fraction of sp³-hybridized carbons (Fsp3) is 0.571. The maximum absolute atomic E-state index is 6.34. The summed E-state index contributed by atoms with van der Waals surface area (Å²) in [6, 6.07) is 6.07. The van der Waals surface area contributed by atoms with Gasteiger partial charge in [0, 0.05) is 21.3 Å². The molecule has 0 saturated carbocycles. The summed E-state index contributed by atoms with van der Waals surface area (Å²) in [5, 5.41) is 5.76. The summed E-state index contributed by atoms with van der Waals surface area (Å²) >= 11 is 14.5. The second kappa shape index (κ2) is 7.04. The molecule has 1 aromatic rings. The molecule has 0 bridgehead atoms. The summed E-state index contributed by atoms with van der Waals surface area (Å²) in [7, 11) is 0. The van der Waals surface area contributed by atoms with E-state index in [0.29, 0.717) is 11.3 Å². The normalized spacial score (nSPS) is 21.8. The van der Waals surface area contributed by atoms with Gasteiger partial charge in [0.2, 0.25) is 0 Å². The lowest BCUT2D eigenvalue weighted by Gasteiger charge is -2.31. The van der Waals surface area contributed by atoms with E-state index in [2.05, 4.69) is 24.0 Å². The van der Waals surface area contributed by atoms with Crippen molar-refractivity contribution in [2.45, 2.75) is 37.5 Å². The summed E-state index contributed by atoms with van der Waals surface area (Å²) in [4.78, 5) is 0. The van der Waals surface area contributed by atoms with Crippen LogP contribution >= 0.6 is 35.0 Å². The molecule has 0 amide bonds. The average Bonchev–Trinajstić information content (AvgIpc) is 2.40. The van der Waals surface area contributed by atoms with Gasteiger partial charge in [-0.05, 0) is 48.9 Å². The van der Waals surface area contributed by atoms with Gasteiger partial charge in [-0.1, -0.05) is 36.5 Å². The number of benzene rings is 1. The average molecular weight is 304 g/mol. The fourth-order valence-electron chi connectivity index (χ4n) is 2.44. The summed E-state index contributed by atoms with van der Waals surface area (Å²) in [6.45, 7) is 3.09. The van der Waals surface area contributed by atoms with E-state index in [9.17, 15) is 0 Å². The molecule has 1 saturated heterocycles. The van der Waals surface area contributed by atoms with Gasteiger partial charge >= 0.3 is 0 Å². The van der Waals surface area contributed by atoms with Crippen LogP contribution in [0.3, 0.4) is 0 Å². The molecule has 1 heterocycles. The van der Waals surface area contributed by atoms with Gasteiger partial charge in [-0.3, -0.25) is 0 Å². The minimum atomic E-state index is 0.312. The summed E-state index contributed by atoms with van der Waals surface area (Å²) < 4.78 is 0. The maximum Gasteiger partial charge on any atom is 0.0455 e. The van der Waals surface area contributed by atoms with E-state index < -0.39 is 0 Å². The Morgan fingerprint density at radius 1 is 1.39 bits per heavy atom. The topological polar surface area (TPSA) is 12.0 Å². The Morgan fingerprint density at radius 2 is 2.22 bits per heavy atom. The standard InChI is InChI=1S/C14H19Cl2NS/c1-2-17-14(13-5-3-4-8-18-13)11-9-10(15)6-7-12(11)16/h6-7,9,13-14,17H,2-5,8H2,1H3. The van der Waals surface area contributed by atoms with Crippen molar-refractivity contribution >= 4 is 35.0 Å². The molecule has 2 unspecified atom stereocenters. The first-order valence-electron chi connectivity index (χ1n) is 6.52. The van der Waals surface area contributed by atoms with Gasteiger partial charge in [-0.25, -0.2) is 0 Å². The zero-order valence-electron chi connectivity index (χ0n) is 10.6. The van der Waals surface area contributed by atoms with Crippen molar-refractivity contribution < 1.29 is 0 Å². The van der Waals surface area contributed by atoms with Crippen molar-refractivity contribution in [3.63, 3.8) is 0 Å². The summed E-state index contributed by atoms with van der Waals surface area (Å²) in [5.41, 5.74) is 1.14. The Bertz CT molecular complexity index is 391. The molecule has 0 aromatic heterocycles. The first-order chi connectivity index (χ1) is 8.72. The van der Waals surface area contributed by atoms with Gasteiger partial charge in [-0.15, -0.1) is 0 Å². The molecule has 1 aliphatic rings. The number of halogens is 2. The molecular formula is C14H19Cl2NS. The Balaban J connectivity index is 2.24. The third kappa shape index (κ3) is 3.57. The van der Waals surface area contributed by atoms with E-state index in [1.165, 1.54) is 25.0 Å². The van der Waals surface area contributed by atoms with Crippen LogP contribution < -0.4 is 5.32 Å². The fourth-order valence-corrected chi connectivity index (χ4v) is 4.30. The smallest absolute Gasteiger partial charge is 0.0455 e. The van der Waals surface area contributed by atoms with Crippen molar-refractivity contribution in [1.82, 2.24) is 5.32 Å². The second-order valence-corrected chi connectivity index (χ2v) is 6.80. The van der Waals surface area contributed by atoms with Crippen molar-refractivity contribution in [1.29, 1.82) is 0 Å². The number of nitrogens with one attached hydrogen (secondary N) is 1. The SMILES string of the molecule is CCNC(c1cc(Cl)ccc1Cl)C1CCCCS1. The van der Waals surface area contributed by atoms with E-state index in [1.54, 1.807) is 0 Å². The molecule has 2 rings (SSSR count). The Hall–Kier alpha value is 0.110. The molecule has 1 fully saturated rings. The minimum absolute atomic E-state index is 0.312. The second-order valence-electron chi connectivity index (χ2n) is 4.61. The van der Waals surface area contributed by atoms with E-state index in [0.717, 1.165) is 22.2 Å². The molecule has 18 heavy (non-hydrogen) atoms. The molecule has 100 valence electrons. The van der Waals surface area contributed by atoms with Crippen molar-refractivity contribution in [3.8, 4) is 0 Å². The highest BCUT2D eigenvalue weighted by atomic mass is 35.5. The molecule has 1 aliphatic heterocycles. The summed E-state index contributed by atoms with van der Waals surface area (Å²) in [6.07, 6.45) is 3.91. The highest BCUT2D eigenvalue weighted by Gasteiger charge is 2.26. The zero-order chi connectivity index (χ0) is 13.0. The zero-order valence-corrected chi connectivity index (χ0v) is 12.9. The van der Waals surface area contributed by atoms with Gasteiger partial charge < -0.3 is 5.32 Å². The molecular weight excluding hydrogens is 285 g/mol. The van der Waals surface area contributed by atoms with Crippen LogP contribution in [0, 0.1) is 0 Å². The van der Waals surface area contributed by atoms with Crippen LogP contribution in [0.5, 0.6) is 0 Å². The third-order valence-electron chi connectivity index (χ3n) is 3.30. The van der Waals surface area contributed by atoms with Gasteiger partial charge in [0.05, 0.1) is 0 Å². The third-order valence-corrected chi connectivity index (χ3v) is 5.34. The first-order valence-corrected chi connectivity index (χ1v) is 8.32. The molecule has 0 spiro atoms. The first kappa shape index (κ1) is 14.5. The Kier molecular flexibility index (Phi) is 5.68. The van der Waals surface area contributed by atoms with Crippen molar-refractivity contribution in [2.24, 2.45) is 0 Å². The van der Waals surface area contributed by atoms with Crippen LogP contribution in [-0.2, 0) is 0 Å². The quantitative estimate of drug-likeness (QED) is 0.846. The molecule has 2 atom stereocenters. The van der Waals surface area contributed by atoms with Gasteiger partial charge in [0.15, 0.2) is 0 Å². The van der Waals surface area contributed by atoms with E-state index in [4.69, 9.17) is 23.2 Å². The Labute approximate surface area is 124 Å². The lowest BCUT2D eigenvalue weighted by Crippen LogP contribution is -2.32. The summed E-state index contributed by atoms with van der Waals surface area (Å²) in [5.74, 6) is 1.25. The van der Waals surface area contributed by atoms with E-state index in [1.807, 2.05) is 18.2 Å². The van der Waals surface area contributed by atoms with Gasteiger partial charge in [0.1, 0.15) is 0 Å². The van der Waals surface area contributed by atoms with Crippen LogP contribution in [0.25, 0.3) is 0 Å². The molecule has 1 N–H and O–H groups in total. The molecule has 1 nitrogen and oxygen atoms in total. The molecule has 4 heteroatoms. The van der Waals surface area contributed by atoms with Gasteiger partial charge in [-0.2, -0.15) is 11.8 Å². The Morgan fingerprint density at radius 3 is 2.89 bits per heavy atom.